The predicted octanol–water partition coefficient (Wildman–Crippen LogP) is 3.28. The van der Waals surface area contributed by atoms with Gasteiger partial charge < -0.3 is 10.4 Å². The number of hydrogen-bond acceptors (Lipinski definition) is 2. The van der Waals surface area contributed by atoms with Crippen molar-refractivity contribution in [2.45, 2.75) is 20.8 Å². The molecule has 1 aromatic rings. The van der Waals surface area contributed by atoms with Crippen LogP contribution in [0.25, 0.3) is 0 Å². The minimum absolute atomic E-state index is 0.0309. The van der Waals surface area contributed by atoms with Crippen LogP contribution >= 0.6 is 11.6 Å². The van der Waals surface area contributed by atoms with E-state index in [1.54, 1.807) is 12.1 Å². The lowest BCUT2D eigenvalue weighted by Gasteiger charge is -2.15. The van der Waals surface area contributed by atoms with Crippen LogP contribution in [0.1, 0.15) is 20.8 Å². The van der Waals surface area contributed by atoms with Gasteiger partial charge in [0.2, 0.25) is 5.91 Å². The van der Waals surface area contributed by atoms with Gasteiger partial charge in [-0.25, -0.2) is 0 Å². The van der Waals surface area contributed by atoms with Crippen molar-refractivity contribution in [3.63, 3.8) is 0 Å². The van der Waals surface area contributed by atoms with E-state index >= 15 is 0 Å². The molecule has 1 unspecified atom stereocenters. The average molecular weight is 242 g/mol. The molecule has 1 atom stereocenters. The van der Waals surface area contributed by atoms with E-state index in [0.717, 1.165) is 0 Å². The number of carbonyl (C=O) groups excluding carboxylic acids is 1. The highest BCUT2D eigenvalue weighted by molar-refractivity contribution is 6.32. The number of phenols is 1. The van der Waals surface area contributed by atoms with Crippen LogP contribution < -0.4 is 5.32 Å². The Labute approximate surface area is 100 Å². The van der Waals surface area contributed by atoms with Gasteiger partial charge in [0.15, 0.2) is 0 Å². The average Bonchev–Trinajstić information content (AvgIpc) is 2.22. The quantitative estimate of drug-likeness (QED) is 0.853. The van der Waals surface area contributed by atoms with Crippen molar-refractivity contribution < 1.29 is 9.90 Å². The molecule has 88 valence electrons. The number of amides is 1. The Morgan fingerprint density at radius 3 is 2.50 bits per heavy atom. The van der Waals surface area contributed by atoms with Gasteiger partial charge >= 0.3 is 0 Å². The molecular weight excluding hydrogens is 226 g/mol. The molecule has 0 fully saturated rings. The minimum atomic E-state index is -0.0715. The monoisotopic (exact) mass is 241 g/mol. The van der Waals surface area contributed by atoms with Crippen molar-refractivity contribution in [2.75, 3.05) is 5.32 Å². The largest absolute Gasteiger partial charge is 0.506 e. The second-order valence-electron chi connectivity index (χ2n) is 4.19. The molecular formula is C12H16ClNO2. The molecule has 0 aliphatic rings. The van der Waals surface area contributed by atoms with Crippen molar-refractivity contribution >= 4 is 23.2 Å². The van der Waals surface area contributed by atoms with E-state index in [1.807, 2.05) is 20.8 Å². The van der Waals surface area contributed by atoms with Gasteiger partial charge in [-0.15, -0.1) is 0 Å². The number of phenolic OH excluding ortho intramolecular Hbond substituents is 1. The Hall–Kier alpha value is -1.22. The number of aromatic hydroxyl groups is 1. The summed E-state index contributed by atoms with van der Waals surface area (Å²) in [5.41, 5.74) is 0.555. The highest BCUT2D eigenvalue weighted by Gasteiger charge is 2.16. The predicted molar refractivity (Wildman–Crippen MR) is 65.7 cm³/mol. The fraction of sp³-hybridized carbons (Fsp3) is 0.417. The maximum Gasteiger partial charge on any atom is 0.227 e. The lowest BCUT2D eigenvalue weighted by Crippen LogP contribution is -2.24. The van der Waals surface area contributed by atoms with E-state index in [0.29, 0.717) is 5.69 Å². The first-order valence-corrected chi connectivity index (χ1v) is 5.59. The second kappa shape index (κ2) is 5.21. The van der Waals surface area contributed by atoms with Crippen molar-refractivity contribution in [3.8, 4) is 5.75 Å². The molecule has 0 radical (unpaired) electrons. The van der Waals surface area contributed by atoms with Crippen LogP contribution in [0.3, 0.4) is 0 Å². The van der Waals surface area contributed by atoms with E-state index in [-0.39, 0.29) is 28.5 Å². The normalized spacial score (nSPS) is 12.6. The van der Waals surface area contributed by atoms with Crippen LogP contribution in [0.5, 0.6) is 5.75 Å². The van der Waals surface area contributed by atoms with Crippen molar-refractivity contribution in [1.29, 1.82) is 0 Å². The van der Waals surface area contributed by atoms with Crippen molar-refractivity contribution in [3.05, 3.63) is 23.2 Å². The van der Waals surface area contributed by atoms with E-state index < -0.39 is 0 Å². The number of nitrogens with one attached hydrogen (secondary N) is 1. The van der Waals surface area contributed by atoms with E-state index in [1.165, 1.54) is 6.07 Å². The summed E-state index contributed by atoms with van der Waals surface area (Å²) in [4.78, 5) is 11.7. The topological polar surface area (TPSA) is 49.3 Å². The van der Waals surface area contributed by atoms with Crippen LogP contribution in [0, 0.1) is 11.8 Å². The lowest BCUT2D eigenvalue weighted by molar-refractivity contribution is -0.120. The van der Waals surface area contributed by atoms with E-state index in [4.69, 9.17) is 11.6 Å². The summed E-state index contributed by atoms with van der Waals surface area (Å²) in [5.74, 6) is 0.118. The molecule has 1 amide bonds. The molecule has 0 aromatic heterocycles. The third-order valence-electron chi connectivity index (χ3n) is 2.63. The van der Waals surface area contributed by atoms with E-state index in [2.05, 4.69) is 5.32 Å². The first kappa shape index (κ1) is 12.8. The zero-order chi connectivity index (χ0) is 12.3. The summed E-state index contributed by atoms with van der Waals surface area (Å²) in [7, 11) is 0. The number of halogens is 1. The van der Waals surface area contributed by atoms with Gasteiger partial charge in [-0.1, -0.05) is 32.4 Å². The maximum absolute atomic E-state index is 11.7. The summed E-state index contributed by atoms with van der Waals surface area (Å²) < 4.78 is 0. The second-order valence-corrected chi connectivity index (χ2v) is 4.60. The van der Waals surface area contributed by atoms with Gasteiger partial charge in [0.05, 0.1) is 5.02 Å². The van der Waals surface area contributed by atoms with Crippen LogP contribution in [-0.2, 0) is 4.79 Å². The van der Waals surface area contributed by atoms with Crippen LogP contribution in [0.4, 0.5) is 5.69 Å². The molecule has 0 spiro atoms. The Balaban J connectivity index is 2.74. The fourth-order valence-electron chi connectivity index (χ4n) is 1.15. The molecule has 2 N–H and O–H groups in total. The molecule has 0 bridgehead atoms. The molecule has 0 saturated heterocycles. The van der Waals surface area contributed by atoms with Gasteiger partial charge in [0, 0.05) is 17.7 Å². The number of hydrogen-bond donors (Lipinski definition) is 2. The Morgan fingerprint density at radius 2 is 2.00 bits per heavy atom. The van der Waals surface area contributed by atoms with Gasteiger partial charge in [-0.2, -0.15) is 0 Å². The van der Waals surface area contributed by atoms with E-state index in [9.17, 15) is 9.90 Å². The summed E-state index contributed by atoms with van der Waals surface area (Å²) in [6.07, 6.45) is 0. The van der Waals surface area contributed by atoms with Crippen LogP contribution in [0.2, 0.25) is 5.02 Å². The zero-order valence-electron chi connectivity index (χ0n) is 9.62. The standard InChI is InChI=1S/C12H16ClNO2/c1-7(2)8(3)12(16)14-9-4-5-10(13)11(15)6-9/h4-8,15H,1-3H3,(H,14,16). The molecule has 1 aromatic carbocycles. The Kier molecular flexibility index (Phi) is 4.19. The first-order valence-electron chi connectivity index (χ1n) is 5.21. The van der Waals surface area contributed by atoms with Gasteiger partial charge in [-0.3, -0.25) is 4.79 Å². The molecule has 0 saturated carbocycles. The minimum Gasteiger partial charge on any atom is -0.506 e. The third kappa shape index (κ3) is 3.14. The number of carbonyl (C=O) groups is 1. The van der Waals surface area contributed by atoms with Crippen LogP contribution in [-0.4, -0.2) is 11.0 Å². The highest BCUT2D eigenvalue weighted by atomic mass is 35.5. The fourth-order valence-corrected chi connectivity index (χ4v) is 1.27. The maximum atomic E-state index is 11.7. The molecule has 0 heterocycles. The molecule has 1 rings (SSSR count). The van der Waals surface area contributed by atoms with Crippen molar-refractivity contribution in [2.24, 2.45) is 11.8 Å². The SMILES string of the molecule is CC(C)C(C)C(=O)Nc1ccc(Cl)c(O)c1. The third-order valence-corrected chi connectivity index (χ3v) is 2.95. The number of rotatable bonds is 3. The smallest absolute Gasteiger partial charge is 0.227 e. The summed E-state index contributed by atoms with van der Waals surface area (Å²) in [6.45, 7) is 5.85. The summed E-state index contributed by atoms with van der Waals surface area (Å²) in [5, 5.41) is 12.4. The number of anilines is 1. The van der Waals surface area contributed by atoms with Gasteiger partial charge in [0.1, 0.15) is 5.75 Å². The zero-order valence-corrected chi connectivity index (χ0v) is 10.4. The Bertz CT molecular complexity index is 391. The van der Waals surface area contributed by atoms with Gasteiger partial charge in [-0.05, 0) is 18.1 Å². The van der Waals surface area contributed by atoms with Crippen molar-refractivity contribution in [1.82, 2.24) is 0 Å². The Morgan fingerprint density at radius 1 is 1.38 bits per heavy atom. The molecule has 16 heavy (non-hydrogen) atoms. The molecule has 0 aliphatic heterocycles. The highest BCUT2D eigenvalue weighted by Crippen LogP contribution is 2.26. The van der Waals surface area contributed by atoms with Crippen LogP contribution in [0.15, 0.2) is 18.2 Å². The summed E-state index contributed by atoms with van der Waals surface area (Å²) >= 11 is 5.67. The molecule has 4 heteroatoms. The first-order chi connectivity index (χ1) is 7.41. The number of benzene rings is 1. The van der Waals surface area contributed by atoms with Gasteiger partial charge in [0.25, 0.3) is 0 Å². The molecule has 3 nitrogen and oxygen atoms in total. The summed E-state index contributed by atoms with van der Waals surface area (Å²) in [6, 6.07) is 4.65. The lowest BCUT2D eigenvalue weighted by atomic mass is 9.97. The molecule has 0 aliphatic carbocycles.